The van der Waals surface area contributed by atoms with Gasteiger partial charge in [-0.3, -0.25) is 0 Å². The maximum Gasteiger partial charge on any atom is 0.240 e. The smallest absolute Gasteiger partial charge is 0.240 e. The molecule has 0 bridgehead atoms. The highest BCUT2D eigenvalue weighted by Gasteiger charge is 2.41. The number of para-hydroxylation sites is 1. The molecule has 1 aromatic carbocycles. The molecule has 11 nitrogen and oxygen atoms in total. The topological polar surface area (TPSA) is 144 Å². The number of nitrogen functional groups attached to an aromatic ring is 1. The number of rotatable bonds is 6. The molecular formula is C18H22N8O3S. The van der Waals surface area contributed by atoms with E-state index in [0.717, 1.165) is 5.69 Å². The quantitative estimate of drug-likeness (QED) is 0.609. The lowest BCUT2D eigenvalue weighted by Crippen LogP contribution is -2.50. The van der Waals surface area contributed by atoms with Gasteiger partial charge in [-0.2, -0.15) is 19.9 Å². The minimum absolute atomic E-state index is 0.0296. The Kier molecular flexibility index (Phi) is 5.12. The Balaban J connectivity index is 1.54. The second-order valence-corrected chi connectivity index (χ2v) is 9.76. The molecule has 0 saturated carbocycles. The molecule has 0 spiro atoms. The van der Waals surface area contributed by atoms with Crippen molar-refractivity contribution in [3.63, 3.8) is 0 Å². The van der Waals surface area contributed by atoms with Crippen molar-refractivity contribution in [2.24, 2.45) is 0 Å². The second-order valence-electron chi connectivity index (χ2n) is 7.28. The van der Waals surface area contributed by atoms with E-state index >= 15 is 0 Å². The van der Waals surface area contributed by atoms with Gasteiger partial charge in [0.1, 0.15) is 0 Å². The van der Waals surface area contributed by atoms with Gasteiger partial charge in [-0.05, 0) is 26.0 Å². The van der Waals surface area contributed by atoms with Gasteiger partial charge in [0.25, 0.3) is 0 Å². The van der Waals surface area contributed by atoms with Gasteiger partial charge in [-0.1, -0.05) is 23.4 Å². The van der Waals surface area contributed by atoms with Gasteiger partial charge in [0, 0.05) is 25.8 Å². The largest absolute Gasteiger partial charge is 0.368 e. The highest BCUT2D eigenvalue weighted by molar-refractivity contribution is 7.89. The van der Waals surface area contributed by atoms with Crippen LogP contribution in [0.15, 0.2) is 34.9 Å². The fourth-order valence-electron chi connectivity index (χ4n) is 2.99. The molecule has 0 aliphatic carbocycles. The van der Waals surface area contributed by atoms with Gasteiger partial charge >= 0.3 is 0 Å². The number of sulfonamides is 1. The van der Waals surface area contributed by atoms with E-state index in [0.29, 0.717) is 24.9 Å². The summed E-state index contributed by atoms with van der Waals surface area (Å²) in [5, 5.41) is 3.48. The summed E-state index contributed by atoms with van der Waals surface area (Å²) in [6.45, 7) is 3.93. The van der Waals surface area contributed by atoms with Crippen molar-refractivity contribution in [2.75, 3.05) is 30.8 Å². The Morgan fingerprint density at radius 3 is 2.47 bits per heavy atom. The molecule has 3 heterocycles. The lowest BCUT2D eigenvalue weighted by atomic mass is 10.0. The van der Waals surface area contributed by atoms with E-state index in [-0.39, 0.29) is 23.5 Å². The summed E-state index contributed by atoms with van der Waals surface area (Å²) < 4.78 is 31.1. The van der Waals surface area contributed by atoms with E-state index in [1.807, 2.05) is 37.4 Å². The van der Waals surface area contributed by atoms with Crippen molar-refractivity contribution >= 4 is 27.6 Å². The molecule has 1 aliphatic rings. The Labute approximate surface area is 174 Å². The molecule has 1 aliphatic heterocycles. The molecule has 1 saturated heterocycles. The Hall–Kier alpha value is -3.12. The lowest BCUT2D eigenvalue weighted by Gasteiger charge is -2.36. The van der Waals surface area contributed by atoms with Crippen LogP contribution in [0.25, 0.3) is 11.6 Å². The van der Waals surface area contributed by atoms with Crippen molar-refractivity contribution < 1.29 is 12.9 Å². The highest BCUT2D eigenvalue weighted by atomic mass is 32.2. The first-order valence-corrected chi connectivity index (χ1v) is 10.9. The Morgan fingerprint density at radius 1 is 1.10 bits per heavy atom. The highest BCUT2D eigenvalue weighted by Crippen LogP contribution is 2.31. The molecule has 2 aromatic heterocycles. The molecule has 30 heavy (non-hydrogen) atoms. The van der Waals surface area contributed by atoms with Crippen LogP contribution in [-0.4, -0.2) is 63.2 Å². The van der Waals surface area contributed by atoms with Crippen LogP contribution in [0.4, 0.5) is 17.6 Å². The molecule has 0 unspecified atom stereocenters. The third-order valence-electron chi connectivity index (χ3n) is 4.88. The molecule has 0 atom stereocenters. The first kappa shape index (κ1) is 20.2. The number of hydrogen-bond donors (Lipinski definition) is 1. The number of nitrogens with zero attached hydrogens (tertiary/aromatic N) is 7. The number of anilines is 3. The van der Waals surface area contributed by atoms with Crippen molar-refractivity contribution in [1.82, 2.24) is 29.4 Å². The minimum atomic E-state index is -3.29. The maximum atomic E-state index is 12.2. The van der Waals surface area contributed by atoms with Crippen LogP contribution in [0.2, 0.25) is 0 Å². The Bertz CT molecular complexity index is 1140. The fourth-order valence-corrected chi connectivity index (χ4v) is 4.36. The van der Waals surface area contributed by atoms with Gasteiger partial charge in [0.05, 0.1) is 11.2 Å². The molecule has 158 valence electrons. The number of benzene rings is 1. The monoisotopic (exact) mass is 430 g/mol. The predicted molar refractivity (Wildman–Crippen MR) is 110 cm³/mol. The normalized spacial score (nSPS) is 15.3. The van der Waals surface area contributed by atoms with Crippen LogP contribution in [0.1, 0.15) is 25.7 Å². The standard InChI is InChI=1S/C18H22N8O3S/c1-11(2)30(27,28)26-9-12(10-26)16-20-15(24-29-16)14-21-17(19)23-18(22-14)25(3)13-7-5-4-6-8-13/h4-8,11-12H,9-10H2,1-3H3,(H2,19,21,22,23). The van der Waals surface area contributed by atoms with Crippen molar-refractivity contribution in [3.05, 3.63) is 36.2 Å². The maximum absolute atomic E-state index is 12.2. The average molecular weight is 430 g/mol. The fraction of sp³-hybridized carbons (Fsp3) is 0.389. The summed E-state index contributed by atoms with van der Waals surface area (Å²) in [4.78, 5) is 18.8. The molecular weight excluding hydrogens is 408 g/mol. The average Bonchev–Trinajstić information content (AvgIpc) is 3.16. The summed E-state index contributed by atoms with van der Waals surface area (Å²) in [5.41, 5.74) is 6.74. The zero-order valence-electron chi connectivity index (χ0n) is 16.8. The van der Waals surface area contributed by atoms with Crippen LogP contribution in [0.3, 0.4) is 0 Å². The molecule has 0 radical (unpaired) electrons. The van der Waals surface area contributed by atoms with Gasteiger partial charge in [-0.15, -0.1) is 0 Å². The van der Waals surface area contributed by atoms with Gasteiger partial charge < -0.3 is 15.2 Å². The molecule has 12 heteroatoms. The minimum Gasteiger partial charge on any atom is -0.368 e. The first-order valence-electron chi connectivity index (χ1n) is 9.39. The number of hydrogen-bond acceptors (Lipinski definition) is 10. The molecule has 3 aromatic rings. The molecule has 0 amide bonds. The van der Waals surface area contributed by atoms with Crippen LogP contribution >= 0.6 is 0 Å². The van der Waals surface area contributed by atoms with E-state index in [1.54, 1.807) is 18.7 Å². The Morgan fingerprint density at radius 2 is 1.80 bits per heavy atom. The van der Waals surface area contributed by atoms with E-state index in [9.17, 15) is 8.42 Å². The summed E-state index contributed by atoms with van der Waals surface area (Å²) in [6, 6.07) is 9.56. The van der Waals surface area contributed by atoms with E-state index in [4.69, 9.17) is 10.3 Å². The third kappa shape index (κ3) is 3.71. The van der Waals surface area contributed by atoms with Crippen LogP contribution in [0.5, 0.6) is 0 Å². The third-order valence-corrected chi connectivity index (χ3v) is 7.09. The second kappa shape index (κ2) is 7.61. The van der Waals surface area contributed by atoms with Crippen molar-refractivity contribution in [3.8, 4) is 11.6 Å². The van der Waals surface area contributed by atoms with Gasteiger partial charge in [-0.25, -0.2) is 12.7 Å². The van der Waals surface area contributed by atoms with Crippen molar-refractivity contribution in [2.45, 2.75) is 25.0 Å². The predicted octanol–water partition coefficient (Wildman–Crippen LogP) is 1.41. The van der Waals surface area contributed by atoms with Crippen LogP contribution in [-0.2, 0) is 10.0 Å². The van der Waals surface area contributed by atoms with E-state index < -0.39 is 15.3 Å². The summed E-state index contributed by atoms with van der Waals surface area (Å²) in [5.74, 6) is 0.908. The SMILES string of the molecule is CC(C)S(=O)(=O)N1CC(c2nc(-c3nc(N)nc(N(C)c4ccccc4)n3)no2)C1. The molecule has 4 rings (SSSR count). The van der Waals surface area contributed by atoms with Crippen LogP contribution in [0, 0.1) is 0 Å². The van der Waals surface area contributed by atoms with Crippen molar-refractivity contribution in [1.29, 1.82) is 0 Å². The first-order chi connectivity index (χ1) is 14.3. The molecule has 2 N–H and O–H groups in total. The zero-order chi connectivity index (χ0) is 21.5. The van der Waals surface area contributed by atoms with E-state index in [1.165, 1.54) is 4.31 Å². The lowest BCUT2D eigenvalue weighted by molar-refractivity contribution is 0.215. The summed E-state index contributed by atoms with van der Waals surface area (Å²) in [7, 11) is -1.47. The van der Waals surface area contributed by atoms with Gasteiger partial charge in [0.15, 0.2) is 0 Å². The number of aromatic nitrogens is 5. The van der Waals surface area contributed by atoms with Crippen LogP contribution < -0.4 is 10.6 Å². The zero-order valence-corrected chi connectivity index (χ0v) is 17.6. The summed E-state index contributed by atoms with van der Waals surface area (Å²) in [6.07, 6.45) is 0. The van der Waals surface area contributed by atoms with E-state index in [2.05, 4.69) is 25.1 Å². The number of nitrogens with two attached hydrogens (primary N) is 1. The van der Waals surface area contributed by atoms with Gasteiger partial charge in [0.2, 0.25) is 39.5 Å². The summed E-state index contributed by atoms with van der Waals surface area (Å²) >= 11 is 0. The molecule has 1 fully saturated rings.